The van der Waals surface area contributed by atoms with Gasteiger partial charge in [-0.2, -0.15) is 0 Å². The number of benzene rings is 1. The minimum atomic E-state index is -1.20. The zero-order chi connectivity index (χ0) is 14.7. The first kappa shape index (κ1) is 14.5. The number of nitrogens with zero attached hydrogens (tertiary/aromatic N) is 3. The number of carboxylic acids is 1. The predicted octanol–water partition coefficient (Wildman–Crippen LogP) is 2.03. The fraction of sp³-hybridized carbons (Fsp3) is 0.0909. The summed E-state index contributed by atoms with van der Waals surface area (Å²) >= 11 is 9.15. The number of carbonyl (C=O) groups excluding carboxylic acids is 1. The second kappa shape index (κ2) is 6.02. The third kappa shape index (κ3) is 3.55. The molecular formula is C11H8BrClN4O3. The number of nitrogens with one attached hydrogen (secondary N) is 1. The molecule has 2 aromatic rings. The zero-order valence-corrected chi connectivity index (χ0v) is 12.2. The fourth-order valence-electron chi connectivity index (χ4n) is 1.40. The van der Waals surface area contributed by atoms with Crippen LogP contribution in [-0.4, -0.2) is 32.0 Å². The van der Waals surface area contributed by atoms with Gasteiger partial charge >= 0.3 is 5.97 Å². The van der Waals surface area contributed by atoms with Crippen LogP contribution in [0.25, 0.3) is 0 Å². The molecule has 2 rings (SSSR count). The molecule has 2 N–H and O–H groups in total. The number of aromatic nitrogens is 3. The summed E-state index contributed by atoms with van der Waals surface area (Å²) in [4.78, 5) is 22.4. The monoisotopic (exact) mass is 358 g/mol. The molecular weight excluding hydrogens is 352 g/mol. The Kier molecular flexibility index (Phi) is 4.35. The summed E-state index contributed by atoms with van der Waals surface area (Å²) in [6.45, 7) is -0.145. The van der Waals surface area contributed by atoms with Crippen LogP contribution in [0.5, 0.6) is 0 Å². The Bertz CT molecular complexity index is 673. The Morgan fingerprint density at radius 1 is 1.45 bits per heavy atom. The van der Waals surface area contributed by atoms with E-state index in [1.165, 1.54) is 6.20 Å². The largest absolute Gasteiger partial charge is 0.476 e. The van der Waals surface area contributed by atoms with Crippen molar-refractivity contribution < 1.29 is 14.7 Å². The van der Waals surface area contributed by atoms with Crippen LogP contribution in [0, 0.1) is 0 Å². The molecule has 1 aromatic carbocycles. The molecule has 0 spiro atoms. The number of anilines is 1. The summed E-state index contributed by atoms with van der Waals surface area (Å²) in [5.41, 5.74) is 0.311. The minimum Gasteiger partial charge on any atom is -0.476 e. The zero-order valence-electron chi connectivity index (χ0n) is 9.88. The average molecular weight is 360 g/mol. The Morgan fingerprint density at radius 2 is 2.20 bits per heavy atom. The number of halogens is 2. The SMILES string of the molecule is O=C(Cn1cc(C(=O)O)nn1)Nc1ccc(Br)c(Cl)c1. The fourth-order valence-corrected chi connectivity index (χ4v) is 1.82. The second-order valence-electron chi connectivity index (χ2n) is 3.78. The molecule has 0 bridgehead atoms. The molecule has 0 saturated carbocycles. The average Bonchev–Trinajstić information content (AvgIpc) is 2.82. The predicted molar refractivity (Wildman–Crippen MR) is 74.8 cm³/mol. The van der Waals surface area contributed by atoms with Gasteiger partial charge in [0, 0.05) is 10.2 Å². The molecule has 0 unspecified atom stereocenters. The van der Waals surface area contributed by atoms with Crippen molar-refractivity contribution in [2.24, 2.45) is 0 Å². The lowest BCUT2D eigenvalue weighted by molar-refractivity contribution is -0.116. The second-order valence-corrected chi connectivity index (χ2v) is 5.05. The van der Waals surface area contributed by atoms with Crippen molar-refractivity contribution in [3.8, 4) is 0 Å². The molecule has 1 heterocycles. The van der Waals surface area contributed by atoms with Crippen LogP contribution in [0.2, 0.25) is 5.02 Å². The summed E-state index contributed by atoms with van der Waals surface area (Å²) in [6.07, 6.45) is 1.18. The van der Waals surface area contributed by atoms with Crippen LogP contribution in [-0.2, 0) is 11.3 Å². The molecule has 0 atom stereocenters. The molecule has 1 amide bonds. The van der Waals surface area contributed by atoms with E-state index in [0.717, 1.165) is 9.15 Å². The van der Waals surface area contributed by atoms with E-state index >= 15 is 0 Å². The molecule has 0 radical (unpaired) electrons. The maximum absolute atomic E-state index is 11.8. The Labute approximate surface area is 126 Å². The molecule has 7 nitrogen and oxygen atoms in total. The van der Waals surface area contributed by atoms with Crippen LogP contribution in [0.3, 0.4) is 0 Å². The first-order chi connectivity index (χ1) is 9.45. The highest BCUT2D eigenvalue weighted by molar-refractivity contribution is 9.10. The smallest absolute Gasteiger partial charge is 0.358 e. The summed E-state index contributed by atoms with van der Waals surface area (Å²) in [5.74, 6) is -1.57. The first-order valence-corrected chi connectivity index (χ1v) is 6.51. The van der Waals surface area contributed by atoms with Gasteiger partial charge in [0.15, 0.2) is 5.69 Å². The van der Waals surface area contributed by atoms with Crippen LogP contribution in [0.1, 0.15) is 10.5 Å². The highest BCUT2D eigenvalue weighted by Crippen LogP contribution is 2.25. The molecule has 0 saturated heterocycles. The van der Waals surface area contributed by atoms with Gasteiger partial charge in [-0.1, -0.05) is 16.8 Å². The highest BCUT2D eigenvalue weighted by atomic mass is 79.9. The Hall–Kier alpha value is -1.93. The third-order valence-corrected chi connectivity index (χ3v) is 3.50. The van der Waals surface area contributed by atoms with Crippen molar-refractivity contribution in [1.82, 2.24) is 15.0 Å². The summed E-state index contributed by atoms with van der Waals surface area (Å²) in [5, 5.41) is 18.7. The van der Waals surface area contributed by atoms with Gasteiger partial charge in [0.05, 0.1) is 11.2 Å². The van der Waals surface area contributed by atoms with E-state index in [1.807, 2.05) is 0 Å². The van der Waals surface area contributed by atoms with Crippen molar-refractivity contribution >= 4 is 45.1 Å². The number of carbonyl (C=O) groups is 2. The number of hydrogen-bond donors (Lipinski definition) is 2. The topological polar surface area (TPSA) is 97.1 Å². The number of rotatable bonds is 4. The highest BCUT2D eigenvalue weighted by Gasteiger charge is 2.11. The van der Waals surface area contributed by atoms with Gasteiger partial charge in [0.25, 0.3) is 0 Å². The van der Waals surface area contributed by atoms with Crippen molar-refractivity contribution in [2.45, 2.75) is 6.54 Å². The van der Waals surface area contributed by atoms with Crippen LogP contribution in [0.15, 0.2) is 28.9 Å². The number of carboxylic acid groups (broad SMARTS) is 1. The van der Waals surface area contributed by atoms with Crippen LogP contribution in [0.4, 0.5) is 5.69 Å². The third-order valence-electron chi connectivity index (χ3n) is 2.27. The molecule has 0 fully saturated rings. The van der Waals surface area contributed by atoms with E-state index in [0.29, 0.717) is 10.7 Å². The minimum absolute atomic E-state index is 0.145. The normalized spacial score (nSPS) is 10.3. The van der Waals surface area contributed by atoms with Crippen molar-refractivity contribution in [3.05, 3.63) is 39.6 Å². The first-order valence-electron chi connectivity index (χ1n) is 5.34. The lowest BCUT2D eigenvalue weighted by atomic mass is 10.3. The van der Waals surface area contributed by atoms with Gasteiger partial charge < -0.3 is 10.4 Å². The molecule has 0 aliphatic carbocycles. The van der Waals surface area contributed by atoms with E-state index < -0.39 is 5.97 Å². The molecule has 0 aliphatic heterocycles. The number of aromatic carboxylic acids is 1. The van der Waals surface area contributed by atoms with Crippen molar-refractivity contribution in [1.29, 1.82) is 0 Å². The molecule has 9 heteroatoms. The molecule has 20 heavy (non-hydrogen) atoms. The van der Waals surface area contributed by atoms with Gasteiger partial charge in [-0.25, -0.2) is 9.48 Å². The van der Waals surface area contributed by atoms with E-state index in [4.69, 9.17) is 16.7 Å². The van der Waals surface area contributed by atoms with Crippen molar-refractivity contribution in [2.75, 3.05) is 5.32 Å². The van der Waals surface area contributed by atoms with Crippen LogP contribution >= 0.6 is 27.5 Å². The molecule has 1 aromatic heterocycles. The maximum atomic E-state index is 11.8. The molecule has 0 aliphatic rings. The summed E-state index contributed by atoms with van der Waals surface area (Å²) in [6, 6.07) is 4.97. The Balaban J connectivity index is 2.01. The van der Waals surface area contributed by atoms with E-state index in [-0.39, 0.29) is 18.1 Å². The summed E-state index contributed by atoms with van der Waals surface area (Å²) < 4.78 is 1.86. The standard InChI is InChI=1S/C11H8BrClN4O3/c12-7-2-1-6(3-8(7)13)14-10(18)5-17-4-9(11(19)20)15-16-17/h1-4H,5H2,(H,14,18)(H,19,20). The van der Waals surface area contributed by atoms with Crippen molar-refractivity contribution in [3.63, 3.8) is 0 Å². The van der Waals surface area contributed by atoms with Gasteiger partial charge in [-0.05, 0) is 34.1 Å². The lowest BCUT2D eigenvalue weighted by Crippen LogP contribution is -2.19. The quantitative estimate of drug-likeness (QED) is 0.870. The number of hydrogen-bond acceptors (Lipinski definition) is 4. The molecule has 104 valence electrons. The van der Waals surface area contributed by atoms with Gasteiger partial charge in [-0.3, -0.25) is 4.79 Å². The number of amides is 1. The van der Waals surface area contributed by atoms with E-state index in [2.05, 4.69) is 31.6 Å². The summed E-state index contributed by atoms with van der Waals surface area (Å²) in [7, 11) is 0. The van der Waals surface area contributed by atoms with Gasteiger partial charge in [0.2, 0.25) is 5.91 Å². The Morgan fingerprint density at radius 3 is 2.80 bits per heavy atom. The van der Waals surface area contributed by atoms with Crippen LogP contribution < -0.4 is 5.32 Å². The maximum Gasteiger partial charge on any atom is 0.358 e. The van der Waals surface area contributed by atoms with E-state index in [9.17, 15) is 9.59 Å². The lowest BCUT2D eigenvalue weighted by Gasteiger charge is -2.06. The van der Waals surface area contributed by atoms with Gasteiger partial charge in [-0.15, -0.1) is 5.10 Å². The van der Waals surface area contributed by atoms with E-state index in [1.54, 1.807) is 18.2 Å². The van der Waals surface area contributed by atoms with Gasteiger partial charge in [0.1, 0.15) is 6.54 Å².